The summed E-state index contributed by atoms with van der Waals surface area (Å²) in [6.07, 6.45) is 0.109. The summed E-state index contributed by atoms with van der Waals surface area (Å²) in [6.45, 7) is 1.62. The first-order chi connectivity index (χ1) is 10.5. The zero-order valence-electron chi connectivity index (χ0n) is 12.7. The number of Topliss-reactive ketones (excluding diaryl/α,β-unsaturated/α-hetero) is 1. The number of phenolic OH excluding ortho intramolecular Hbond substituents is 2. The van der Waals surface area contributed by atoms with Gasteiger partial charge in [0.05, 0.1) is 14.2 Å². The van der Waals surface area contributed by atoms with Gasteiger partial charge in [-0.25, -0.2) is 0 Å². The van der Waals surface area contributed by atoms with Gasteiger partial charge in [-0.3, -0.25) is 4.79 Å². The second kappa shape index (κ2) is 6.39. The number of hydrogen-bond acceptors (Lipinski definition) is 5. The predicted molar refractivity (Wildman–Crippen MR) is 82.1 cm³/mol. The number of carbonyl (C=O) groups excluding carboxylic acids is 1. The lowest BCUT2D eigenvalue weighted by molar-refractivity contribution is 0.0987. The second-order valence-corrected chi connectivity index (χ2v) is 4.90. The van der Waals surface area contributed by atoms with E-state index < -0.39 is 0 Å². The van der Waals surface area contributed by atoms with E-state index in [0.717, 1.165) is 11.6 Å². The fourth-order valence-electron chi connectivity index (χ4n) is 2.27. The van der Waals surface area contributed by atoms with E-state index in [-0.39, 0.29) is 35.0 Å². The fourth-order valence-corrected chi connectivity index (χ4v) is 2.27. The van der Waals surface area contributed by atoms with E-state index in [1.54, 1.807) is 38.3 Å². The average molecular weight is 302 g/mol. The molecule has 0 fully saturated rings. The Bertz CT molecular complexity index is 689. The Morgan fingerprint density at radius 1 is 1.05 bits per heavy atom. The van der Waals surface area contributed by atoms with Crippen LogP contribution in [0.1, 0.15) is 21.5 Å². The molecule has 2 aromatic rings. The van der Waals surface area contributed by atoms with Crippen molar-refractivity contribution < 1.29 is 24.5 Å². The summed E-state index contributed by atoms with van der Waals surface area (Å²) in [4.78, 5) is 12.5. The van der Waals surface area contributed by atoms with Gasteiger partial charge in [-0.2, -0.15) is 0 Å². The molecule has 0 amide bonds. The van der Waals surface area contributed by atoms with Crippen LogP contribution in [0.4, 0.5) is 0 Å². The Morgan fingerprint density at radius 3 is 2.23 bits per heavy atom. The first kappa shape index (κ1) is 15.7. The van der Waals surface area contributed by atoms with Gasteiger partial charge in [-0.15, -0.1) is 0 Å². The lowest BCUT2D eigenvalue weighted by atomic mass is 9.98. The predicted octanol–water partition coefficient (Wildman–Crippen LogP) is 2.85. The van der Waals surface area contributed by atoms with Gasteiger partial charge in [0.25, 0.3) is 0 Å². The topological polar surface area (TPSA) is 76.0 Å². The first-order valence-electron chi connectivity index (χ1n) is 6.73. The molecule has 2 rings (SSSR count). The molecule has 0 spiro atoms. The zero-order chi connectivity index (χ0) is 16.3. The van der Waals surface area contributed by atoms with Crippen LogP contribution in [-0.2, 0) is 6.42 Å². The summed E-state index contributed by atoms with van der Waals surface area (Å²) in [5, 5.41) is 19.7. The molecule has 0 unspecified atom stereocenters. The molecule has 2 aromatic carbocycles. The van der Waals surface area contributed by atoms with Gasteiger partial charge in [-0.1, -0.05) is 12.1 Å². The van der Waals surface area contributed by atoms with Crippen LogP contribution >= 0.6 is 0 Å². The van der Waals surface area contributed by atoms with Gasteiger partial charge >= 0.3 is 0 Å². The molecule has 116 valence electrons. The zero-order valence-corrected chi connectivity index (χ0v) is 12.7. The van der Waals surface area contributed by atoms with Crippen molar-refractivity contribution >= 4 is 5.78 Å². The van der Waals surface area contributed by atoms with Crippen LogP contribution in [0.25, 0.3) is 0 Å². The number of ether oxygens (including phenoxy) is 2. The third-order valence-corrected chi connectivity index (χ3v) is 3.49. The lowest BCUT2D eigenvalue weighted by Crippen LogP contribution is -2.07. The molecular formula is C17H18O5. The Balaban J connectivity index is 2.34. The fraction of sp³-hybridized carbons (Fsp3) is 0.235. The number of rotatable bonds is 5. The molecule has 5 nitrogen and oxygen atoms in total. The van der Waals surface area contributed by atoms with Crippen LogP contribution in [-0.4, -0.2) is 30.2 Å². The van der Waals surface area contributed by atoms with Crippen molar-refractivity contribution in [3.63, 3.8) is 0 Å². The molecule has 0 saturated heterocycles. The summed E-state index contributed by atoms with van der Waals surface area (Å²) in [5.41, 5.74) is 1.28. The quantitative estimate of drug-likeness (QED) is 0.831. The van der Waals surface area contributed by atoms with Crippen molar-refractivity contribution in [3.8, 4) is 23.0 Å². The number of benzene rings is 2. The molecule has 0 aromatic heterocycles. The minimum absolute atomic E-state index is 0.0774. The Labute approximate surface area is 128 Å². The van der Waals surface area contributed by atoms with Crippen molar-refractivity contribution in [2.75, 3.05) is 14.2 Å². The van der Waals surface area contributed by atoms with E-state index >= 15 is 0 Å². The van der Waals surface area contributed by atoms with Gasteiger partial charge in [0.1, 0.15) is 28.6 Å². The summed E-state index contributed by atoms with van der Waals surface area (Å²) in [5.74, 6) is 0.199. The molecule has 22 heavy (non-hydrogen) atoms. The maximum atomic E-state index is 12.5. The van der Waals surface area contributed by atoms with E-state index in [4.69, 9.17) is 9.47 Å². The maximum Gasteiger partial charge on any atom is 0.174 e. The molecule has 0 atom stereocenters. The first-order valence-corrected chi connectivity index (χ1v) is 6.73. The van der Waals surface area contributed by atoms with Crippen molar-refractivity contribution in [3.05, 3.63) is 47.0 Å². The monoisotopic (exact) mass is 302 g/mol. The molecule has 0 radical (unpaired) electrons. The second-order valence-electron chi connectivity index (χ2n) is 4.90. The normalized spacial score (nSPS) is 10.3. The maximum absolute atomic E-state index is 12.5. The van der Waals surface area contributed by atoms with Crippen LogP contribution in [0.2, 0.25) is 0 Å². The van der Waals surface area contributed by atoms with E-state index in [0.29, 0.717) is 11.3 Å². The van der Waals surface area contributed by atoms with Crippen LogP contribution < -0.4 is 9.47 Å². The number of aromatic hydroxyl groups is 2. The SMILES string of the molecule is COc1ccc(CC(=O)c2c(O)cc(O)c(C)c2OC)cc1. The third kappa shape index (κ3) is 2.98. The van der Waals surface area contributed by atoms with Gasteiger partial charge in [-0.05, 0) is 24.6 Å². The molecule has 2 N–H and O–H groups in total. The Hall–Kier alpha value is -2.69. The molecule has 5 heteroatoms. The molecule has 0 bridgehead atoms. The number of phenols is 2. The highest BCUT2D eigenvalue weighted by molar-refractivity contribution is 6.03. The molecule has 0 heterocycles. The summed E-state index contributed by atoms with van der Waals surface area (Å²) < 4.78 is 10.2. The van der Waals surface area contributed by atoms with Crippen LogP contribution in [0.3, 0.4) is 0 Å². The summed E-state index contributed by atoms with van der Waals surface area (Å²) in [6, 6.07) is 8.25. The van der Waals surface area contributed by atoms with Gasteiger partial charge in [0, 0.05) is 18.1 Å². The van der Waals surface area contributed by atoms with Gasteiger partial charge in [0.2, 0.25) is 0 Å². The highest BCUT2D eigenvalue weighted by Gasteiger charge is 2.22. The van der Waals surface area contributed by atoms with Gasteiger partial charge < -0.3 is 19.7 Å². The Morgan fingerprint density at radius 2 is 1.68 bits per heavy atom. The van der Waals surface area contributed by atoms with Crippen molar-refractivity contribution in [1.82, 2.24) is 0 Å². The van der Waals surface area contributed by atoms with Gasteiger partial charge in [0.15, 0.2) is 5.78 Å². The van der Waals surface area contributed by atoms with Crippen LogP contribution in [0, 0.1) is 6.92 Å². The summed E-state index contributed by atoms with van der Waals surface area (Å²) in [7, 11) is 2.97. The molecule has 0 aliphatic heterocycles. The minimum Gasteiger partial charge on any atom is -0.507 e. The van der Waals surface area contributed by atoms with E-state index in [2.05, 4.69) is 0 Å². The smallest absolute Gasteiger partial charge is 0.174 e. The average Bonchev–Trinajstić information content (AvgIpc) is 2.51. The standard InChI is InChI=1S/C17H18O5/c1-10-13(18)9-15(20)16(17(10)22-3)14(19)8-11-4-6-12(21-2)7-5-11/h4-7,9,18,20H,8H2,1-3H3. The molecule has 0 saturated carbocycles. The van der Waals surface area contributed by atoms with Crippen LogP contribution in [0.5, 0.6) is 23.0 Å². The highest BCUT2D eigenvalue weighted by atomic mass is 16.5. The molecule has 0 aliphatic rings. The largest absolute Gasteiger partial charge is 0.507 e. The van der Waals surface area contributed by atoms with Crippen LogP contribution in [0.15, 0.2) is 30.3 Å². The number of hydrogen-bond donors (Lipinski definition) is 2. The molecular weight excluding hydrogens is 284 g/mol. The molecule has 0 aliphatic carbocycles. The van der Waals surface area contributed by atoms with Crippen molar-refractivity contribution in [1.29, 1.82) is 0 Å². The lowest BCUT2D eigenvalue weighted by Gasteiger charge is -2.14. The summed E-state index contributed by atoms with van der Waals surface area (Å²) >= 11 is 0. The minimum atomic E-state index is -0.293. The van der Waals surface area contributed by atoms with Crippen molar-refractivity contribution in [2.24, 2.45) is 0 Å². The van der Waals surface area contributed by atoms with E-state index in [1.165, 1.54) is 7.11 Å². The number of carbonyl (C=O) groups is 1. The van der Waals surface area contributed by atoms with E-state index in [1.807, 2.05) is 0 Å². The number of methoxy groups -OCH3 is 2. The van der Waals surface area contributed by atoms with Crippen molar-refractivity contribution in [2.45, 2.75) is 13.3 Å². The number of ketones is 1. The van der Waals surface area contributed by atoms with E-state index in [9.17, 15) is 15.0 Å². The Kier molecular flexibility index (Phi) is 4.56. The third-order valence-electron chi connectivity index (χ3n) is 3.49. The highest BCUT2D eigenvalue weighted by Crippen LogP contribution is 2.38.